The SMILES string of the molecule is CN=C(N)Nc1nc2cc(S(N)(=O)=O)c(C(F)(F)F)cc2[nH]1. The van der Waals surface area contributed by atoms with Crippen LogP contribution < -0.4 is 16.2 Å². The number of benzene rings is 1. The first-order valence-corrected chi connectivity index (χ1v) is 7.20. The number of primary sulfonamides is 1. The summed E-state index contributed by atoms with van der Waals surface area (Å²) in [6, 6.07) is 1.36. The Morgan fingerprint density at radius 1 is 1.41 bits per heavy atom. The Bertz CT molecular complexity index is 855. The van der Waals surface area contributed by atoms with E-state index >= 15 is 0 Å². The van der Waals surface area contributed by atoms with Crippen LogP contribution in [0, 0.1) is 0 Å². The number of aromatic nitrogens is 2. The normalized spacial score (nSPS) is 13.6. The van der Waals surface area contributed by atoms with E-state index in [1.165, 1.54) is 7.05 Å². The lowest BCUT2D eigenvalue weighted by Crippen LogP contribution is -2.22. The topological polar surface area (TPSA) is 139 Å². The first-order chi connectivity index (χ1) is 10.0. The zero-order valence-electron chi connectivity index (χ0n) is 11.1. The number of guanidine groups is 1. The molecule has 0 aliphatic carbocycles. The lowest BCUT2D eigenvalue weighted by molar-refractivity contribution is -0.139. The molecule has 1 aromatic carbocycles. The number of nitrogens with one attached hydrogen (secondary N) is 2. The van der Waals surface area contributed by atoms with E-state index in [0.717, 1.165) is 6.07 Å². The van der Waals surface area contributed by atoms with E-state index in [1.54, 1.807) is 0 Å². The second-order valence-electron chi connectivity index (χ2n) is 4.23. The first-order valence-electron chi connectivity index (χ1n) is 5.65. The molecule has 0 aliphatic rings. The molecular formula is C10H11F3N6O2S. The van der Waals surface area contributed by atoms with Crippen LogP contribution in [0.4, 0.5) is 19.1 Å². The van der Waals surface area contributed by atoms with Crippen LogP contribution in [0.5, 0.6) is 0 Å². The van der Waals surface area contributed by atoms with Gasteiger partial charge in [-0.3, -0.25) is 10.3 Å². The first kappa shape index (κ1) is 16.0. The number of imidazole rings is 1. The molecule has 0 amide bonds. The standard InChI is InChI=1S/C10H11F3N6O2S/c1-16-8(14)19-9-17-5-2-4(10(11,12)13)7(22(15,20)21)3-6(5)18-9/h2-3H,1H3,(H2,15,20,21)(H4,14,16,17,18,19). The van der Waals surface area contributed by atoms with Crippen LogP contribution in [0.3, 0.4) is 0 Å². The summed E-state index contributed by atoms with van der Waals surface area (Å²) in [4.78, 5) is 8.96. The van der Waals surface area contributed by atoms with E-state index in [4.69, 9.17) is 10.9 Å². The lowest BCUT2D eigenvalue weighted by atomic mass is 10.2. The largest absolute Gasteiger partial charge is 0.417 e. The molecule has 2 aromatic rings. The molecule has 6 N–H and O–H groups in total. The Morgan fingerprint density at radius 3 is 2.55 bits per heavy atom. The quantitative estimate of drug-likeness (QED) is 0.469. The molecule has 1 heterocycles. The summed E-state index contributed by atoms with van der Waals surface area (Å²) in [6.07, 6.45) is -4.89. The number of halogens is 3. The van der Waals surface area contributed by atoms with Crippen LogP contribution in [0.15, 0.2) is 22.0 Å². The molecule has 0 fully saturated rings. The number of fused-ring (bicyclic) bond motifs is 1. The fourth-order valence-electron chi connectivity index (χ4n) is 1.73. The number of H-pyrrole nitrogens is 1. The average Bonchev–Trinajstić information content (AvgIpc) is 2.76. The molecule has 8 nitrogen and oxygen atoms in total. The van der Waals surface area contributed by atoms with Gasteiger partial charge >= 0.3 is 6.18 Å². The van der Waals surface area contributed by atoms with Gasteiger partial charge in [-0.2, -0.15) is 13.2 Å². The fraction of sp³-hybridized carbons (Fsp3) is 0.200. The predicted molar refractivity (Wildman–Crippen MR) is 73.6 cm³/mol. The Labute approximate surface area is 122 Å². The van der Waals surface area contributed by atoms with Crippen molar-refractivity contribution in [2.45, 2.75) is 11.1 Å². The van der Waals surface area contributed by atoms with Crippen molar-refractivity contribution in [2.75, 3.05) is 12.4 Å². The number of sulfonamides is 1. The Balaban J connectivity index is 2.69. The highest BCUT2D eigenvalue weighted by Gasteiger charge is 2.37. The summed E-state index contributed by atoms with van der Waals surface area (Å²) in [7, 11) is -3.17. The van der Waals surface area contributed by atoms with Crippen molar-refractivity contribution in [2.24, 2.45) is 15.9 Å². The number of aliphatic imine (C=N–C) groups is 1. The van der Waals surface area contributed by atoms with Crippen LogP contribution in [0.1, 0.15) is 5.56 Å². The molecule has 0 bridgehead atoms. The molecular weight excluding hydrogens is 325 g/mol. The Kier molecular flexibility index (Phi) is 3.74. The van der Waals surface area contributed by atoms with E-state index < -0.39 is 26.7 Å². The highest BCUT2D eigenvalue weighted by Crippen LogP contribution is 2.36. The summed E-state index contributed by atoms with van der Waals surface area (Å²) in [5, 5.41) is 7.33. The van der Waals surface area contributed by atoms with Gasteiger partial charge in [0.05, 0.1) is 21.5 Å². The summed E-state index contributed by atoms with van der Waals surface area (Å²) in [6.45, 7) is 0. The Hall–Kier alpha value is -2.34. The van der Waals surface area contributed by atoms with E-state index in [2.05, 4.69) is 20.3 Å². The second-order valence-corrected chi connectivity index (χ2v) is 5.76. The van der Waals surface area contributed by atoms with Gasteiger partial charge in [0.1, 0.15) is 0 Å². The number of hydrogen-bond donors (Lipinski definition) is 4. The predicted octanol–water partition coefficient (Wildman–Crippen LogP) is 0.586. The molecule has 2 rings (SSSR count). The molecule has 12 heteroatoms. The van der Waals surface area contributed by atoms with Crippen molar-refractivity contribution in [1.29, 1.82) is 0 Å². The number of nitrogens with two attached hydrogens (primary N) is 2. The van der Waals surface area contributed by atoms with Gasteiger partial charge in [-0.15, -0.1) is 0 Å². The zero-order valence-corrected chi connectivity index (χ0v) is 11.9. The van der Waals surface area contributed by atoms with Gasteiger partial charge in [0.25, 0.3) is 0 Å². The van der Waals surface area contributed by atoms with Crippen LogP contribution >= 0.6 is 0 Å². The number of rotatable bonds is 2. The molecule has 0 saturated carbocycles. The fourth-order valence-corrected chi connectivity index (χ4v) is 2.49. The van der Waals surface area contributed by atoms with Gasteiger partial charge in [0.15, 0.2) is 5.96 Å². The van der Waals surface area contributed by atoms with E-state index in [0.29, 0.717) is 6.07 Å². The lowest BCUT2D eigenvalue weighted by Gasteiger charge is -2.11. The van der Waals surface area contributed by atoms with Crippen molar-refractivity contribution in [3.8, 4) is 0 Å². The van der Waals surface area contributed by atoms with Gasteiger partial charge in [0.2, 0.25) is 16.0 Å². The molecule has 0 unspecified atom stereocenters. The molecule has 0 spiro atoms. The van der Waals surface area contributed by atoms with Crippen LogP contribution in [-0.2, 0) is 16.2 Å². The number of aromatic amines is 1. The van der Waals surface area contributed by atoms with Crippen molar-refractivity contribution in [3.05, 3.63) is 17.7 Å². The van der Waals surface area contributed by atoms with Gasteiger partial charge in [-0.25, -0.2) is 18.5 Å². The number of nitrogens with zero attached hydrogens (tertiary/aromatic N) is 2. The van der Waals surface area contributed by atoms with Crippen molar-refractivity contribution in [3.63, 3.8) is 0 Å². The smallest absolute Gasteiger partial charge is 0.370 e. The highest BCUT2D eigenvalue weighted by atomic mass is 32.2. The Morgan fingerprint density at radius 2 is 2.05 bits per heavy atom. The monoisotopic (exact) mass is 336 g/mol. The number of alkyl halides is 3. The summed E-state index contributed by atoms with van der Waals surface area (Å²) >= 11 is 0. The molecule has 0 aliphatic heterocycles. The van der Waals surface area contributed by atoms with Crippen LogP contribution in [0.25, 0.3) is 11.0 Å². The highest BCUT2D eigenvalue weighted by molar-refractivity contribution is 7.89. The van der Waals surface area contributed by atoms with Crippen molar-refractivity contribution < 1.29 is 21.6 Å². The van der Waals surface area contributed by atoms with Crippen LogP contribution in [0.2, 0.25) is 0 Å². The molecule has 22 heavy (non-hydrogen) atoms. The van der Waals surface area contributed by atoms with Gasteiger partial charge < -0.3 is 10.7 Å². The van der Waals surface area contributed by atoms with Crippen LogP contribution in [-0.4, -0.2) is 31.4 Å². The average molecular weight is 336 g/mol. The third kappa shape index (κ3) is 3.12. The van der Waals surface area contributed by atoms with Gasteiger partial charge in [-0.1, -0.05) is 0 Å². The van der Waals surface area contributed by atoms with E-state index in [-0.39, 0.29) is 22.9 Å². The van der Waals surface area contributed by atoms with Gasteiger partial charge in [-0.05, 0) is 12.1 Å². The summed E-state index contributed by atoms with van der Waals surface area (Å²) < 4.78 is 61.6. The number of anilines is 1. The third-order valence-corrected chi connectivity index (χ3v) is 3.63. The maximum atomic E-state index is 13.0. The molecule has 0 saturated heterocycles. The molecule has 0 radical (unpaired) electrons. The van der Waals surface area contributed by atoms with E-state index in [9.17, 15) is 21.6 Å². The summed E-state index contributed by atoms with van der Waals surface area (Å²) in [5.41, 5.74) is 3.97. The minimum absolute atomic E-state index is 0.0118. The third-order valence-electron chi connectivity index (χ3n) is 2.68. The minimum atomic E-state index is -4.89. The van der Waals surface area contributed by atoms with Gasteiger partial charge in [0, 0.05) is 7.05 Å². The minimum Gasteiger partial charge on any atom is -0.370 e. The van der Waals surface area contributed by atoms with E-state index in [1.807, 2.05) is 0 Å². The maximum Gasteiger partial charge on any atom is 0.417 e. The molecule has 0 atom stereocenters. The zero-order chi connectivity index (χ0) is 16.7. The van der Waals surface area contributed by atoms with Crippen molar-refractivity contribution in [1.82, 2.24) is 9.97 Å². The molecule has 1 aromatic heterocycles. The second kappa shape index (κ2) is 5.14. The molecule has 120 valence electrons. The van der Waals surface area contributed by atoms with Crippen molar-refractivity contribution >= 4 is 33.0 Å². The summed E-state index contributed by atoms with van der Waals surface area (Å²) in [5.74, 6) is -0.0143. The number of hydrogen-bond acceptors (Lipinski definition) is 4. The maximum absolute atomic E-state index is 13.0.